The van der Waals surface area contributed by atoms with Gasteiger partial charge in [-0.25, -0.2) is 4.79 Å². The van der Waals surface area contributed by atoms with E-state index in [0.717, 1.165) is 37.0 Å². The third-order valence-electron chi connectivity index (χ3n) is 8.20. The van der Waals surface area contributed by atoms with Crippen molar-refractivity contribution in [3.8, 4) is 5.75 Å². The van der Waals surface area contributed by atoms with Gasteiger partial charge in [0.25, 0.3) is 5.91 Å². The molecule has 1 amide bonds. The Kier molecular flexibility index (Phi) is 7.49. The summed E-state index contributed by atoms with van der Waals surface area (Å²) >= 11 is 0. The number of carbonyl (C=O) groups excluding carboxylic acids is 2. The molecule has 2 N–H and O–H groups in total. The van der Waals surface area contributed by atoms with E-state index in [4.69, 9.17) is 9.47 Å². The summed E-state index contributed by atoms with van der Waals surface area (Å²) < 4.78 is 12.1. The van der Waals surface area contributed by atoms with Crippen LogP contribution in [0.4, 0.5) is 0 Å². The van der Waals surface area contributed by atoms with Gasteiger partial charge < -0.3 is 24.4 Å². The average molecular weight is 516 g/mol. The van der Waals surface area contributed by atoms with E-state index in [0.29, 0.717) is 35.5 Å². The Morgan fingerprint density at radius 1 is 0.921 bits per heavy atom. The number of hydrogen-bond donors (Lipinski definition) is 2. The van der Waals surface area contributed by atoms with E-state index in [-0.39, 0.29) is 17.9 Å². The number of methoxy groups -OCH3 is 1. The Hall–Kier alpha value is -3.68. The second-order valence-electron chi connectivity index (χ2n) is 10.4. The quantitative estimate of drug-likeness (QED) is 0.337. The summed E-state index contributed by atoms with van der Waals surface area (Å²) in [6.07, 6.45) is 1.64. The normalized spacial score (nSPS) is 22.5. The molecule has 3 aliphatic rings. The molecule has 7 heteroatoms. The molecule has 6 rings (SSSR count). The molecule has 3 fully saturated rings. The van der Waals surface area contributed by atoms with Gasteiger partial charge in [0.2, 0.25) is 5.60 Å². The minimum absolute atomic E-state index is 0.114. The smallest absolute Gasteiger partial charge is 0.348 e. The predicted octanol–water partition coefficient (Wildman–Crippen LogP) is 3.51. The standard InChI is InChI=1S/C31H34N2O5/c1-37-27-14-12-24(13-15-27)29(34)32-18-21-33-19-16-23(17-20-33)28(22-33)38-30(35)31(36,25-8-4-2-5-9-25)26-10-6-3-7-11-26/h2-15,23,28,36H,16-22H2,1H3/p+1/t23?,28-,33?/m0/s1. The lowest BCUT2D eigenvalue weighted by Crippen LogP contribution is -2.66. The molecule has 0 unspecified atom stereocenters. The Labute approximate surface area is 223 Å². The van der Waals surface area contributed by atoms with Crippen molar-refractivity contribution in [3.05, 3.63) is 102 Å². The number of hydrogen-bond acceptors (Lipinski definition) is 5. The van der Waals surface area contributed by atoms with Crippen molar-refractivity contribution in [1.82, 2.24) is 5.32 Å². The van der Waals surface area contributed by atoms with Crippen LogP contribution in [0.1, 0.15) is 34.3 Å². The monoisotopic (exact) mass is 515 g/mol. The van der Waals surface area contributed by atoms with Gasteiger partial charge in [0, 0.05) is 24.3 Å². The number of rotatable bonds is 9. The molecular weight excluding hydrogens is 480 g/mol. The molecule has 3 saturated heterocycles. The van der Waals surface area contributed by atoms with Crippen molar-refractivity contribution in [2.45, 2.75) is 24.5 Å². The van der Waals surface area contributed by atoms with E-state index in [2.05, 4.69) is 5.32 Å². The maximum atomic E-state index is 13.7. The summed E-state index contributed by atoms with van der Waals surface area (Å²) in [5.74, 6) is 0.239. The highest BCUT2D eigenvalue weighted by atomic mass is 16.6. The first-order chi connectivity index (χ1) is 18.4. The van der Waals surface area contributed by atoms with Crippen molar-refractivity contribution < 1.29 is 28.7 Å². The number of amides is 1. The van der Waals surface area contributed by atoms with E-state index in [1.54, 1.807) is 55.6 Å². The van der Waals surface area contributed by atoms with E-state index < -0.39 is 11.6 Å². The Morgan fingerprint density at radius 2 is 1.50 bits per heavy atom. The van der Waals surface area contributed by atoms with Crippen molar-refractivity contribution in [1.29, 1.82) is 0 Å². The summed E-state index contributed by atoms with van der Waals surface area (Å²) in [4.78, 5) is 26.3. The second-order valence-corrected chi connectivity index (χ2v) is 10.4. The highest BCUT2D eigenvalue weighted by Gasteiger charge is 2.50. The number of carbonyl (C=O) groups is 2. The van der Waals surface area contributed by atoms with Gasteiger partial charge in [0.05, 0.1) is 33.3 Å². The fourth-order valence-electron chi connectivity index (χ4n) is 5.90. The number of esters is 1. The van der Waals surface area contributed by atoms with Crippen LogP contribution in [0.25, 0.3) is 0 Å². The zero-order valence-corrected chi connectivity index (χ0v) is 21.7. The van der Waals surface area contributed by atoms with E-state index in [1.807, 2.05) is 36.4 Å². The minimum Gasteiger partial charge on any atom is -0.497 e. The number of fused-ring (bicyclic) bond motifs is 3. The largest absolute Gasteiger partial charge is 0.497 e. The van der Waals surface area contributed by atoms with Gasteiger partial charge >= 0.3 is 5.97 Å². The van der Waals surface area contributed by atoms with E-state index >= 15 is 0 Å². The molecule has 3 aromatic rings. The molecular formula is C31H35N2O5+. The van der Waals surface area contributed by atoms with Crippen LogP contribution < -0.4 is 10.1 Å². The first kappa shape index (κ1) is 25.9. The zero-order valence-electron chi connectivity index (χ0n) is 21.7. The molecule has 0 radical (unpaired) electrons. The predicted molar refractivity (Wildman–Crippen MR) is 144 cm³/mol. The first-order valence-corrected chi connectivity index (χ1v) is 13.3. The Balaban J connectivity index is 1.25. The number of ether oxygens (including phenoxy) is 2. The molecule has 0 saturated carbocycles. The highest BCUT2D eigenvalue weighted by molar-refractivity contribution is 5.94. The summed E-state index contributed by atoms with van der Waals surface area (Å²) in [6.45, 7) is 3.99. The minimum atomic E-state index is -1.88. The van der Waals surface area contributed by atoms with Gasteiger partial charge in [-0.2, -0.15) is 0 Å². The molecule has 0 spiro atoms. The summed E-state index contributed by atoms with van der Waals surface area (Å²) in [6, 6.07) is 25.0. The molecule has 0 aliphatic carbocycles. The zero-order chi connectivity index (χ0) is 26.6. The Bertz CT molecular complexity index is 1200. The first-order valence-electron chi connectivity index (χ1n) is 13.3. The van der Waals surface area contributed by atoms with Gasteiger partial charge in [-0.05, 0) is 35.4 Å². The lowest BCUT2D eigenvalue weighted by molar-refractivity contribution is -0.945. The maximum Gasteiger partial charge on any atom is 0.348 e. The topological polar surface area (TPSA) is 84.9 Å². The number of quaternary nitrogens is 1. The lowest BCUT2D eigenvalue weighted by atomic mass is 9.82. The lowest BCUT2D eigenvalue weighted by Gasteiger charge is -2.52. The van der Waals surface area contributed by atoms with Gasteiger partial charge in [0.1, 0.15) is 12.3 Å². The highest BCUT2D eigenvalue weighted by Crippen LogP contribution is 2.38. The van der Waals surface area contributed by atoms with Gasteiger partial charge in [-0.3, -0.25) is 4.79 Å². The van der Waals surface area contributed by atoms with Crippen LogP contribution >= 0.6 is 0 Å². The number of aliphatic hydroxyl groups is 1. The van der Waals surface area contributed by atoms with Crippen LogP contribution in [0, 0.1) is 5.92 Å². The number of benzene rings is 3. The van der Waals surface area contributed by atoms with Crippen molar-refractivity contribution in [3.63, 3.8) is 0 Å². The average Bonchev–Trinajstić information content (AvgIpc) is 2.98. The molecule has 1 atom stereocenters. The van der Waals surface area contributed by atoms with Gasteiger partial charge in [-0.1, -0.05) is 60.7 Å². The van der Waals surface area contributed by atoms with Crippen LogP contribution in [-0.2, 0) is 15.1 Å². The van der Waals surface area contributed by atoms with Crippen LogP contribution in [0.2, 0.25) is 0 Å². The third kappa shape index (κ3) is 5.17. The number of piperidine rings is 3. The third-order valence-corrected chi connectivity index (χ3v) is 8.20. The molecule has 0 aromatic heterocycles. The Morgan fingerprint density at radius 3 is 2.05 bits per heavy atom. The number of nitrogens with one attached hydrogen (secondary N) is 1. The molecule has 3 heterocycles. The second kappa shape index (κ2) is 11.0. The molecule has 3 aromatic carbocycles. The van der Waals surface area contributed by atoms with E-state index in [9.17, 15) is 14.7 Å². The maximum absolute atomic E-state index is 13.7. The van der Waals surface area contributed by atoms with Crippen molar-refractivity contribution in [2.75, 3.05) is 39.8 Å². The fraction of sp³-hybridized carbons (Fsp3) is 0.355. The summed E-state index contributed by atoms with van der Waals surface area (Å²) in [5, 5.41) is 14.8. The number of nitrogens with zero attached hydrogens (tertiary/aromatic N) is 1. The van der Waals surface area contributed by atoms with E-state index in [1.165, 1.54) is 0 Å². The van der Waals surface area contributed by atoms with Gasteiger partial charge in [0.15, 0.2) is 6.10 Å². The van der Waals surface area contributed by atoms with Crippen LogP contribution in [0.5, 0.6) is 5.75 Å². The van der Waals surface area contributed by atoms with Crippen LogP contribution in [0.3, 0.4) is 0 Å². The molecule has 38 heavy (non-hydrogen) atoms. The molecule has 198 valence electrons. The van der Waals surface area contributed by atoms with Gasteiger partial charge in [-0.15, -0.1) is 0 Å². The fourth-order valence-corrected chi connectivity index (χ4v) is 5.90. The molecule has 2 bridgehead atoms. The van der Waals surface area contributed by atoms with Crippen molar-refractivity contribution in [2.24, 2.45) is 5.92 Å². The SMILES string of the molecule is COc1ccc(C(=O)NCC[N+]23CCC(CC2)[C@@H](OC(=O)C(O)(c2ccccc2)c2ccccc2)C3)cc1. The summed E-state index contributed by atoms with van der Waals surface area (Å²) in [5.41, 5.74) is -0.313. The molecule has 7 nitrogen and oxygen atoms in total. The van der Waals surface area contributed by atoms with Crippen molar-refractivity contribution >= 4 is 11.9 Å². The van der Waals surface area contributed by atoms with Crippen LogP contribution in [0.15, 0.2) is 84.9 Å². The van der Waals surface area contributed by atoms with Crippen LogP contribution in [-0.4, -0.2) is 67.4 Å². The molecule has 3 aliphatic heterocycles. The summed E-state index contributed by atoms with van der Waals surface area (Å²) in [7, 11) is 1.60.